The quantitative estimate of drug-likeness (QED) is 0.853. The van der Waals surface area contributed by atoms with Crippen LogP contribution >= 0.6 is 0 Å². The average Bonchev–Trinajstić information content (AvgIpc) is 2.86. The van der Waals surface area contributed by atoms with E-state index >= 15 is 0 Å². The van der Waals surface area contributed by atoms with Crippen LogP contribution in [0.3, 0.4) is 0 Å². The lowest BCUT2D eigenvalue weighted by Crippen LogP contribution is -2.35. The van der Waals surface area contributed by atoms with Crippen molar-refractivity contribution in [3.63, 3.8) is 0 Å². The molecule has 2 aromatic rings. The summed E-state index contributed by atoms with van der Waals surface area (Å²) in [5.74, 6) is -1.14. The molecule has 23 heavy (non-hydrogen) atoms. The van der Waals surface area contributed by atoms with Crippen molar-refractivity contribution >= 4 is 11.9 Å². The van der Waals surface area contributed by atoms with Gasteiger partial charge in [0.05, 0.1) is 6.54 Å². The molecule has 0 aliphatic heterocycles. The molecule has 0 aliphatic rings. The predicted molar refractivity (Wildman–Crippen MR) is 78.7 cm³/mol. The van der Waals surface area contributed by atoms with Gasteiger partial charge in [0.2, 0.25) is 0 Å². The van der Waals surface area contributed by atoms with E-state index in [0.29, 0.717) is 5.76 Å². The Hall–Kier alpha value is -2.83. The van der Waals surface area contributed by atoms with Crippen LogP contribution in [0.4, 0.5) is 4.39 Å². The summed E-state index contributed by atoms with van der Waals surface area (Å²) < 4.78 is 23.6. The molecule has 1 atom stereocenters. The van der Waals surface area contributed by atoms with Gasteiger partial charge in [0.1, 0.15) is 28.7 Å². The van der Waals surface area contributed by atoms with Crippen molar-refractivity contribution < 1.29 is 28.2 Å². The second-order valence-electron chi connectivity index (χ2n) is 4.92. The number of benzene rings is 1. The van der Waals surface area contributed by atoms with E-state index in [2.05, 4.69) is 5.32 Å². The highest BCUT2D eigenvalue weighted by Crippen LogP contribution is 2.15. The number of carbonyl (C=O) groups is 2. The Morgan fingerprint density at radius 2 is 2.13 bits per heavy atom. The highest BCUT2D eigenvalue weighted by molar-refractivity contribution is 5.88. The van der Waals surface area contributed by atoms with Gasteiger partial charge in [-0.15, -0.1) is 0 Å². The van der Waals surface area contributed by atoms with Gasteiger partial charge in [0.15, 0.2) is 6.10 Å². The first-order valence-electron chi connectivity index (χ1n) is 6.89. The molecule has 1 aromatic carbocycles. The Balaban J connectivity index is 1.91. The number of carboxylic acid groups (broad SMARTS) is 1. The van der Waals surface area contributed by atoms with Gasteiger partial charge in [-0.3, -0.25) is 4.79 Å². The number of carbonyl (C=O) groups excluding carboxylic acids is 1. The third kappa shape index (κ3) is 4.32. The molecule has 0 saturated carbocycles. The van der Waals surface area contributed by atoms with Crippen molar-refractivity contribution in [2.75, 3.05) is 0 Å². The van der Waals surface area contributed by atoms with E-state index in [9.17, 15) is 14.0 Å². The van der Waals surface area contributed by atoms with Gasteiger partial charge in [-0.1, -0.05) is 6.07 Å². The van der Waals surface area contributed by atoms with Gasteiger partial charge in [0, 0.05) is 6.07 Å². The Morgan fingerprint density at radius 3 is 2.74 bits per heavy atom. The molecule has 0 radical (unpaired) electrons. The van der Waals surface area contributed by atoms with Crippen LogP contribution in [0.1, 0.15) is 28.8 Å². The normalized spacial score (nSPS) is 11.8. The van der Waals surface area contributed by atoms with Gasteiger partial charge in [0.25, 0.3) is 5.91 Å². The number of ether oxygens (including phenoxy) is 1. The van der Waals surface area contributed by atoms with Crippen LogP contribution in [0.25, 0.3) is 0 Å². The molecule has 0 fully saturated rings. The van der Waals surface area contributed by atoms with E-state index in [4.69, 9.17) is 14.3 Å². The summed E-state index contributed by atoms with van der Waals surface area (Å²) in [7, 11) is 0. The summed E-state index contributed by atoms with van der Waals surface area (Å²) in [4.78, 5) is 22.9. The van der Waals surface area contributed by atoms with Crippen LogP contribution in [0.15, 0.2) is 34.7 Å². The number of amides is 1. The van der Waals surface area contributed by atoms with Crippen molar-refractivity contribution in [3.05, 3.63) is 53.2 Å². The maximum atomic E-state index is 13.1. The minimum atomic E-state index is -1.09. The Labute approximate surface area is 131 Å². The number of rotatable bonds is 6. The summed E-state index contributed by atoms with van der Waals surface area (Å²) in [6.07, 6.45) is -0.841. The maximum absolute atomic E-state index is 13.1. The Bertz CT molecular complexity index is 725. The number of carboxylic acids is 1. The first-order chi connectivity index (χ1) is 10.9. The lowest BCUT2D eigenvalue weighted by Gasteiger charge is -2.14. The summed E-state index contributed by atoms with van der Waals surface area (Å²) >= 11 is 0. The fourth-order valence-electron chi connectivity index (χ4n) is 1.96. The molecule has 1 unspecified atom stereocenters. The third-order valence-electron chi connectivity index (χ3n) is 3.11. The summed E-state index contributed by atoms with van der Waals surface area (Å²) in [6.45, 7) is 3.09. The number of furan rings is 1. The lowest BCUT2D eigenvalue weighted by atomic mass is 10.2. The first-order valence-corrected chi connectivity index (χ1v) is 6.89. The number of nitrogens with one attached hydrogen (secondary N) is 1. The van der Waals surface area contributed by atoms with Crippen molar-refractivity contribution in [1.29, 1.82) is 0 Å². The SMILES string of the molecule is Cc1oc(CNC(=O)C(C)Oc2cccc(F)c2)cc1C(=O)O. The fourth-order valence-corrected chi connectivity index (χ4v) is 1.96. The number of hydrogen-bond donors (Lipinski definition) is 2. The molecule has 6 nitrogen and oxygen atoms in total. The standard InChI is InChI=1S/C16H16FNO5/c1-9-14(16(20)21)7-13(22-9)8-18-15(19)10(2)23-12-5-3-4-11(17)6-12/h3-7,10H,8H2,1-2H3,(H,18,19)(H,20,21). The zero-order valence-electron chi connectivity index (χ0n) is 12.6. The molecule has 122 valence electrons. The average molecular weight is 321 g/mol. The Morgan fingerprint density at radius 1 is 1.39 bits per heavy atom. The van der Waals surface area contributed by atoms with Crippen molar-refractivity contribution in [1.82, 2.24) is 5.32 Å². The molecule has 1 heterocycles. The van der Waals surface area contributed by atoms with Crippen LogP contribution in [-0.2, 0) is 11.3 Å². The zero-order valence-corrected chi connectivity index (χ0v) is 12.6. The smallest absolute Gasteiger partial charge is 0.339 e. The lowest BCUT2D eigenvalue weighted by molar-refractivity contribution is -0.127. The van der Waals surface area contributed by atoms with Gasteiger partial charge in [-0.05, 0) is 32.0 Å². The second-order valence-corrected chi connectivity index (χ2v) is 4.92. The van der Waals surface area contributed by atoms with E-state index in [0.717, 1.165) is 0 Å². The topological polar surface area (TPSA) is 88.8 Å². The second kappa shape index (κ2) is 6.95. The minimum absolute atomic E-state index is 0.0316. The number of hydrogen-bond acceptors (Lipinski definition) is 4. The molecule has 0 bridgehead atoms. The highest BCUT2D eigenvalue weighted by Gasteiger charge is 2.17. The number of aromatic carboxylic acids is 1. The molecule has 0 aliphatic carbocycles. The van der Waals surface area contributed by atoms with Crippen molar-refractivity contribution in [2.45, 2.75) is 26.5 Å². The van der Waals surface area contributed by atoms with E-state index in [-0.39, 0.29) is 23.6 Å². The zero-order chi connectivity index (χ0) is 17.0. The molecule has 1 aromatic heterocycles. The van der Waals surface area contributed by atoms with Crippen LogP contribution < -0.4 is 10.1 Å². The largest absolute Gasteiger partial charge is 0.481 e. The van der Waals surface area contributed by atoms with Crippen LogP contribution in [0, 0.1) is 12.7 Å². The van der Waals surface area contributed by atoms with Crippen LogP contribution in [0.5, 0.6) is 5.75 Å². The monoisotopic (exact) mass is 321 g/mol. The van der Waals surface area contributed by atoms with E-state index in [1.807, 2.05) is 0 Å². The minimum Gasteiger partial charge on any atom is -0.481 e. The number of halogens is 1. The van der Waals surface area contributed by atoms with E-state index < -0.39 is 23.8 Å². The van der Waals surface area contributed by atoms with Gasteiger partial charge < -0.3 is 19.6 Å². The molecule has 2 rings (SSSR count). The van der Waals surface area contributed by atoms with Crippen LogP contribution in [0.2, 0.25) is 0 Å². The van der Waals surface area contributed by atoms with Gasteiger partial charge in [-0.2, -0.15) is 0 Å². The van der Waals surface area contributed by atoms with E-state index in [1.165, 1.54) is 38.1 Å². The molecule has 2 N–H and O–H groups in total. The Kier molecular flexibility index (Phi) is 5.00. The highest BCUT2D eigenvalue weighted by atomic mass is 19.1. The predicted octanol–water partition coefficient (Wildman–Crippen LogP) is 2.51. The van der Waals surface area contributed by atoms with Crippen LogP contribution in [-0.4, -0.2) is 23.1 Å². The molecular weight excluding hydrogens is 305 g/mol. The van der Waals surface area contributed by atoms with Crippen molar-refractivity contribution in [3.8, 4) is 5.75 Å². The molecule has 1 amide bonds. The molecule has 0 saturated heterocycles. The maximum Gasteiger partial charge on any atom is 0.339 e. The summed E-state index contributed by atoms with van der Waals surface area (Å²) in [5, 5.41) is 11.5. The third-order valence-corrected chi connectivity index (χ3v) is 3.11. The fraction of sp³-hybridized carbons (Fsp3) is 0.250. The van der Waals surface area contributed by atoms with Gasteiger partial charge in [-0.25, -0.2) is 9.18 Å². The molecule has 0 spiro atoms. The van der Waals surface area contributed by atoms with Gasteiger partial charge >= 0.3 is 5.97 Å². The van der Waals surface area contributed by atoms with E-state index in [1.54, 1.807) is 6.07 Å². The van der Waals surface area contributed by atoms with Crippen molar-refractivity contribution in [2.24, 2.45) is 0 Å². The molecule has 7 heteroatoms. The number of aryl methyl sites for hydroxylation is 1. The molecular formula is C16H16FNO5. The first kappa shape index (κ1) is 16.5. The summed E-state index contributed by atoms with van der Waals surface area (Å²) in [5.41, 5.74) is 0.0540. The summed E-state index contributed by atoms with van der Waals surface area (Å²) in [6, 6.07) is 6.84.